The van der Waals surface area contributed by atoms with Crippen molar-refractivity contribution in [2.24, 2.45) is 0 Å². The number of carbonyl (C=O) groups is 1. The number of aromatic nitrogens is 4. The summed E-state index contributed by atoms with van der Waals surface area (Å²) >= 11 is 1.41. The predicted molar refractivity (Wildman–Crippen MR) is 110 cm³/mol. The van der Waals surface area contributed by atoms with Gasteiger partial charge in [-0.25, -0.2) is 4.68 Å². The molecule has 28 heavy (non-hydrogen) atoms. The quantitative estimate of drug-likeness (QED) is 0.581. The first kappa shape index (κ1) is 18.7. The van der Waals surface area contributed by atoms with Crippen molar-refractivity contribution in [1.29, 1.82) is 0 Å². The summed E-state index contributed by atoms with van der Waals surface area (Å²) in [4.78, 5) is 25.7. The van der Waals surface area contributed by atoms with Crippen molar-refractivity contribution in [3.8, 4) is 0 Å². The molecule has 0 saturated heterocycles. The molecule has 0 aliphatic heterocycles. The molecule has 2 heterocycles. The Labute approximate surface area is 166 Å². The number of nitrogens with one attached hydrogen (secondary N) is 1. The Morgan fingerprint density at radius 1 is 1.18 bits per heavy atom. The zero-order valence-electron chi connectivity index (χ0n) is 15.9. The molecule has 1 amide bonds. The van der Waals surface area contributed by atoms with E-state index in [1.54, 1.807) is 18.2 Å². The second kappa shape index (κ2) is 8.18. The van der Waals surface area contributed by atoms with Gasteiger partial charge in [-0.1, -0.05) is 55.7 Å². The minimum absolute atomic E-state index is 0.157. The molecule has 0 bridgehead atoms. The van der Waals surface area contributed by atoms with Crippen molar-refractivity contribution in [1.82, 2.24) is 20.0 Å². The predicted octanol–water partition coefficient (Wildman–Crippen LogP) is 3.96. The maximum atomic E-state index is 12.9. The third kappa shape index (κ3) is 3.96. The van der Waals surface area contributed by atoms with Gasteiger partial charge < -0.3 is 0 Å². The van der Waals surface area contributed by atoms with E-state index in [1.165, 1.54) is 16.0 Å². The van der Waals surface area contributed by atoms with Gasteiger partial charge in [0.05, 0.1) is 5.39 Å². The van der Waals surface area contributed by atoms with Gasteiger partial charge in [-0.15, -0.1) is 10.2 Å². The lowest BCUT2D eigenvalue weighted by Gasteiger charge is -2.10. The van der Waals surface area contributed by atoms with E-state index in [-0.39, 0.29) is 17.2 Å². The number of anilines is 1. The van der Waals surface area contributed by atoms with Crippen LogP contribution in [0.1, 0.15) is 66.9 Å². The minimum atomic E-state index is -0.364. The van der Waals surface area contributed by atoms with Gasteiger partial charge in [-0.05, 0) is 25.3 Å². The average Bonchev–Trinajstić information content (AvgIpc) is 3.46. The van der Waals surface area contributed by atoms with Crippen LogP contribution in [0.15, 0.2) is 29.1 Å². The molecule has 1 aliphatic carbocycles. The summed E-state index contributed by atoms with van der Waals surface area (Å²) in [5.74, 6) is 0.129. The molecule has 8 heteroatoms. The van der Waals surface area contributed by atoms with E-state index in [1.807, 2.05) is 6.07 Å². The van der Waals surface area contributed by atoms with E-state index in [9.17, 15) is 9.59 Å². The van der Waals surface area contributed by atoms with Crippen LogP contribution in [0.5, 0.6) is 0 Å². The maximum Gasteiger partial charge on any atom is 0.278 e. The Balaban J connectivity index is 1.62. The Bertz CT molecular complexity index is 1050. The number of nitrogens with zero attached hydrogens (tertiary/aromatic N) is 4. The third-order valence-electron chi connectivity index (χ3n) is 4.89. The van der Waals surface area contributed by atoms with Gasteiger partial charge in [0.2, 0.25) is 5.13 Å². The number of fused-ring (bicyclic) bond motifs is 1. The number of rotatable bonds is 8. The van der Waals surface area contributed by atoms with E-state index >= 15 is 0 Å². The minimum Gasteiger partial charge on any atom is -0.295 e. The Morgan fingerprint density at radius 2 is 1.96 bits per heavy atom. The van der Waals surface area contributed by atoms with E-state index in [0.717, 1.165) is 43.5 Å². The van der Waals surface area contributed by atoms with Crippen LogP contribution in [-0.2, 0) is 6.54 Å². The fourth-order valence-corrected chi connectivity index (χ4v) is 4.09. The number of aryl methyl sites for hydroxylation is 1. The SMILES string of the molecule is CCCCCCn1nc(C(=O)Nc2nnc(C3CC3)s2)c2ccccc2c1=O. The highest BCUT2D eigenvalue weighted by Gasteiger charge is 2.28. The molecule has 1 fully saturated rings. The van der Waals surface area contributed by atoms with Gasteiger partial charge in [0, 0.05) is 17.8 Å². The third-order valence-corrected chi connectivity index (χ3v) is 5.90. The zero-order valence-corrected chi connectivity index (χ0v) is 16.7. The molecule has 0 radical (unpaired) electrons. The lowest BCUT2D eigenvalue weighted by atomic mass is 10.1. The van der Waals surface area contributed by atoms with Gasteiger partial charge in [-0.3, -0.25) is 14.9 Å². The summed E-state index contributed by atoms with van der Waals surface area (Å²) < 4.78 is 1.42. The topological polar surface area (TPSA) is 89.8 Å². The molecule has 1 N–H and O–H groups in total. The summed E-state index contributed by atoms with van der Waals surface area (Å²) in [7, 11) is 0. The van der Waals surface area contributed by atoms with Crippen molar-refractivity contribution in [3.05, 3.63) is 45.3 Å². The first-order valence-corrected chi connectivity index (χ1v) is 10.6. The van der Waals surface area contributed by atoms with Gasteiger partial charge in [0.1, 0.15) is 5.01 Å². The number of benzene rings is 1. The smallest absolute Gasteiger partial charge is 0.278 e. The molecule has 1 aliphatic rings. The number of hydrogen-bond donors (Lipinski definition) is 1. The van der Waals surface area contributed by atoms with Crippen LogP contribution in [0, 0.1) is 0 Å². The van der Waals surface area contributed by atoms with Gasteiger partial charge in [0.25, 0.3) is 11.5 Å². The maximum absolute atomic E-state index is 12.9. The molecule has 1 saturated carbocycles. The van der Waals surface area contributed by atoms with E-state index in [0.29, 0.717) is 28.4 Å². The molecule has 4 rings (SSSR count). The Morgan fingerprint density at radius 3 is 2.71 bits per heavy atom. The van der Waals surface area contributed by atoms with Crippen molar-refractivity contribution >= 4 is 33.1 Å². The molecule has 146 valence electrons. The molecule has 1 aromatic carbocycles. The van der Waals surface area contributed by atoms with Gasteiger partial charge in [0.15, 0.2) is 5.69 Å². The number of carbonyl (C=O) groups excluding carboxylic acids is 1. The molecule has 0 unspecified atom stereocenters. The molecular formula is C20H23N5O2S. The van der Waals surface area contributed by atoms with Crippen LogP contribution in [-0.4, -0.2) is 25.9 Å². The summed E-state index contributed by atoms with van der Waals surface area (Å²) in [5, 5.41) is 17.9. The summed E-state index contributed by atoms with van der Waals surface area (Å²) in [5.41, 5.74) is 0.0875. The van der Waals surface area contributed by atoms with Crippen molar-refractivity contribution < 1.29 is 4.79 Å². The second-order valence-electron chi connectivity index (χ2n) is 7.16. The van der Waals surface area contributed by atoms with E-state index in [2.05, 4.69) is 27.5 Å². The first-order valence-electron chi connectivity index (χ1n) is 9.82. The molecular weight excluding hydrogens is 374 g/mol. The fraction of sp³-hybridized carbons (Fsp3) is 0.450. The van der Waals surface area contributed by atoms with Crippen molar-refractivity contribution in [2.45, 2.75) is 57.9 Å². The zero-order chi connectivity index (χ0) is 19.5. The Hall–Kier alpha value is -2.61. The van der Waals surface area contributed by atoms with Crippen molar-refractivity contribution in [2.75, 3.05) is 5.32 Å². The average molecular weight is 398 g/mol. The normalized spacial score (nSPS) is 13.8. The van der Waals surface area contributed by atoms with Crippen molar-refractivity contribution in [3.63, 3.8) is 0 Å². The summed E-state index contributed by atoms with van der Waals surface area (Å²) in [6, 6.07) is 7.12. The molecule has 2 aromatic heterocycles. The lowest BCUT2D eigenvalue weighted by molar-refractivity contribution is 0.102. The van der Waals surface area contributed by atoms with E-state index in [4.69, 9.17) is 0 Å². The van der Waals surface area contributed by atoms with Crippen LogP contribution in [0.25, 0.3) is 10.8 Å². The Kier molecular flexibility index (Phi) is 5.47. The van der Waals surface area contributed by atoms with Crippen LogP contribution in [0.3, 0.4) is 0 Å². The summed E-state index contributed by atoms with van der Waals surface area (Å²) in [6.07, 6.45) is 6.42. The number of amides is 1. The highest BCUT2D eigenvalue weighted by molar-refractivity contribution is 7.15. The first-order chi connectivity index (χ1) is 13.7. The largest absolute Gasteiger partial charge is 0.295 e. The number of hydrogen-bond acceptors (Lipinski definition) is 6. The molecule has 0 spiro atoms. The second-order valence-corrected chi connectivity index (χ2v) is 8.17. The van der Waals surface area contributed by atoms with Crippen LogP contribution in [0.2, 0.25) is 0 Å². The molecule has 0 atom stereocenters. The highest BCUT2D eigenvalue weighted by Crippen LogP contribution is 2.42. The van der Waals surface area contributed by atoms with Gasteiger partial charge >= 0.3 is 0 Å². The fourth-order valence-electron chi connectivity index (χ4n) is 3.18. The van der Waals surface area contributed by atoms with Gasteiger partial charge in [-0.2, -0.15) is 5.10 Å². The molecule has 3 aromatic rings. The monoisotopic (exact) mass is 397 g/mol. The van der Waals surface area contributed by atoms with Crippen LogP contribution < -0.4 is 10.9 Å². The summed E-state index contributed by atoms with van der Waals surface area (Å²) in [6.45, 7) is 2.65. The van der Waals surface area contributed by atoms with Crippen LogP contribution >= 0.6 is 11.3 Å². The standard InChI is InChI=1S/C20H23N5O2S/c1-2-3-4-7-12-25-19(27)15-9-6-5-8-14(15)16(24-25)17(26)21-20-23-22-18(28-20)13-10-11-13/h5-6,8-9,13H,2-4,7,10-12H2,1H3,(H,21,23,26). The lowest BCUT2D eigenvalue weighted by Crippen LogP contribution is -2.27. The van der Waals surface area contributed by atoms with E-state index < -0.39 is 0 Å². The molecule has 7 nitrogen and oxygen atoms in total. The number of unbranched alkanes of at least 4 members (excludes halogenated alkanes) is 3. The highest BCUT2D eigenvalue weighted by atomic mass is 32.1. The van der Waals surface area contributed by atoms with Crippen LogP contribution in [0.4, 0.5) is 5.13 Å².